The molecule has 0 bridgehead atoms. The summed E-state index contributed by atoms with van der Waals surface area (Å²) in [5, 5.41) is 0. The second kappa shape index (κ2) is 3.15. The Balaban J connectivity index is 3.55. The SMILES string of the molecule is O=CC(=O)OC(=O)Cl. The normalized spacial score (nSPS) is 7.62. The number of hydrogen-bond acceptors (Lipinski definition) is 4. The summed E-state index contributed by atoms with van der Waals surface area (Å²) in [6.45, 7) is 0. The molecule has 0 fully saturated rings. The molecule has 0 spiro atoms. The lowest BCUT2D eigenvalue weighted by molar-refractivity contribution is -0.143. The lowest BCUT2D eigenvalue weighted by Crippen LogP contribution is -2.06. The van der Waals surface area contributed by atoms with E-state index in [0.717, 1.165) is 0 Å². The third-order valence-electron chi connectivity index (χ3n) is 0.277. The van der Waals surface area contributed by atoms with Gasteiger partial charge in [-0.15, -0.1) is 0 Å². The number of esters is 1. The molecule has 4 nitrogen and oxygen atoms in total. The van der Waals surface area contributed by atoms with Crippen LogP contribution in [0, 0.1) is 0 Å². The van der Waals surface area contributed by atoms with E-state index >= 15 is 0 Å². The standard InChI is InChI=1S/C3HClO4/c4-3(7)8-2(6)1-5/h1H. The third-order valence-corrected chi connectivity index (χ3v) is 0.354. The minimum atomic E-state index is -1.30. The van der Waals surface area contributed by atoms with Crippen LogP contribution in [0.15, 0.2) is 0 Å². The molecule has 0 aromatic heterocycles. The molecule has 0 radical (unpaired) electrons. The molecule has 0 N–H and O–H groups in total. The van der Waals surface area contributed by atoms with Gasteiger partial charge >= 0.3 is 11.4 Å². The highest BCUT2D eigenvalue weighted by atomic mass is 35.5. The average Bonchev–Trinajstić information content (AvgIpc) is 1.65. The molecule has 0 amide bonds. The summed E-state index contributed by atoms with van der Waals surface area (Å²) in [5.41, 5.74) is -1.30. The highest BCUT2D eigenvalue weighted by Crippen LogP contribution is 1.84. The second-order valence-electron chi connectivity index (χ2n) is 0.777. The molecular weight excluding hydrogens is 135 g/mol. The van der Waals surface area contributed by atoms with E-state index in [-0.39, 0.29) is 6.29 Å². The van der Waals surface area contributed by atoms with Crippen LogP contribution >= 0.6 is 11.6 Å². The number of carbonyl (C=O) groups excluding carboxylic acids is 3. The monoisotopic (exact) mass is 136 g/mol. The van der Waals surface area contributed by atoms with Crippen molar-refractivity contribution in [2.24, 2.45) is 0 Å². The van der Waals surface area contributed by atoms with Crippen molar-refractivity contribution in [3.8, 4) is 0 Å². The Morgan fingerprint density at radius 2 is 2.00 bits per heavy atom. The summed E-state index contributed by atoms with van der Waals surface area (Å²) in [5.74, 6) is -1.29. The van der Waals surface area contributed by atoms with Crippen LogP contribution in [0.1, 0.15) is 0 Å². The van der Waals surface area contributed by atoms with Gasteiger partial charge in [0.25, 0.3) is 0 Å². The van der Waals surface area contributed by atoms with Crippen LogP contribution in [-0.2, 0) is 14.3 Å². The van der Waals surface area contributed by atoms with E-state index in [0.29, 0.717) is 0 Å². The van der Waals surface area contributed by atoms with Crippen LogP contribution in [0.3, 0.4) is 0 Å². The molecule has 0 aliphatic carbocycles. The van der Waals surface area contributed by atoms with Gasteiger partial charge < -0.3 is 4.74 Å². The Bertz CT molecular complexity index is 129. The van der Waals surface area contributed by atoms with E-state index in [9.17, 15) is 14.4 Å². The van der Waals surface area contributed by atoms with Gasteiger partial charge in [-0.25, -0.2) is 9.59 Å². The Morgan fingerprint density at radius 3 is 2.12 bits per heavy atom. The van der Waals surface area contributed by atoms with Crippen LogP contribution in [0.2, 0.25) is 0 Å². The van der Waals surface area contributed by atoms with Crippen LogP contribution in [-0.4, -0.2) is 17.7 Å². The quantitative estimate of drug-likeness (QED) is 0.169. The molecule has 0 aromatic carbocycles. The molecule has 0 aliphatic rings. The summed E-state index contributed by atoms with van der Waals surface area (Å²) in [6.07, 6.45) is -0.153. The van der Waals surface area contributed by atoms with Gasteiger partial charge in [-0.2, -0.15) is 0 Å². The highest BCUT2D eigenvalue weighted by Gasteiger charge is 2.02. The minimum absolute atomic E-state index is 0.153. The van der Waals surface area contributed by atoms with Crippen molar-refractivity contribution >= 4 is 29.3 Å². The fourth-order valence-electron chi connectivity index (χ4n) is 0.103. The van der Waals surface area contributed by atoms with Crippen molar-refractivity contribution < 1.29 is 19.1 Å². The number of halogens is 1. The summed E-state index contributed by atoms with van der Waals surface area (Å²) < 4.78 is 3.52. The molecule has 0 saturated heterocycles. The van der Waals surface area contributed by atoms with Crippen molar-refractivity contribution in [3.63, 3.8) is 0 Å². The maximum absolute atomic E-state index is 9.73. The predicted octanol–water partition coefficient (Wildman–Crippen LogP) is 0.0873. The summed E-state index contributed by atoms with van der Waals surface area (Å²) in [7, 11) is 0. The molecule has 5 heteroatoms. The Kier molecular flexibility index (Phi) is 2.79. The van der Waals surface area contributed by atoms with E-state index in [1.165, 1.54) is 0 Å². The van der Waals surface area contributed by atoms with E-state index < -0.39 is 11.4 Å². The van der Waals surface area contributed by atoms with Crippen LogP contribution < -0.4 is 0 Å². The Morgan fingerprint density at radius 1 is 1.50 bits per heavy atom. The first kappa shape index (κ1) is 7.10. The van der Waals surface area contributed by atoms with Gasteiger partial charge in [-0.05, 0) is 0 Å². The van der Waals surface area contributed by atoms with Crippen molar-refractivity contribution in [1.82, 2.24) is 0 Å². The second-order valence-corrected chi connectivity index (χ2v) is 1.09. The van der Waals surface area contributed by atoms with E-state index in [4.69, 9.17) is 0 Å². The van der Waals surface area contributed by atoms with Crippen molar-refractivity contribution in [2.45, 2.75) is 0 Å². The molecule has 0 rings (SSSR count). The molecule has 44 valence electrons. The van der Waals surface area contributed by atoms with Gasteiger partial charge in [0.05, 0.1) is 0 Å². The van der Waals surface area contributed by atoms with Gasteiger partial charge in [0.1, 0.15) is 0 Å². The van der Waals surface area contributed by atoms with Crippen LogP contribution in [0.5, 0.6) is 0 Å². The first-order chi connectivity index (χ1) is 3.66. The molecule has 0 aliphatic heterocycles. The van der Waals surface area contributed by atoms with Gasteiger partial charge in [-0.1, -0.05) is 0 Å². The largest absolute Gasteiger partial charge is 0.411 e. The van der Waals surface area contributed by atoms with Crippen LogP contribution in [0.4, 0.5) is 4.79 Å². The van der Waals surface area contributed by atoms with E-state index in [1.807, 2.05) is 0 Å². The zero-order valence-electron chi connectivity index (χ0n) is 3.59. The zero-order chi connectivity index (χ0) is 6.57. The average molecular weight is 136 g/mol. The number of carbonyl (C=O) groups is 3. The first-order valence-corrected chi connectivity index (χ1v) is 1.91. The van der Waals surface area contributed by atoms with Crippen LogP contribution in [0.25, 0.3) is 0 Å². The molecule has 8 heavy (non-hydrogen) atoms. The summed E-state index contributed by atoms with van der Waals surface area (Å²) >= 11 is 4.51. The Hall–Kier alpha value is -0.900. The smallest absolute Gasteiger partial charge is 0.375 e. The third kappa shape index (κ3) is 3.30. The van der Waals surface area contributed by atoms with Crippen molar-refractivity contribution in [1.29, 1.82) is 0 Å². The van der Waals surface area contributed by atoms with Crippen molar-refractivity contribution in [3.05, 3.63) is 0 Å². The molecule has 0 aromatic rings. The maximum atomic E-state index is 9.73. The molecule has 0 heterocycles. The lowest BCUT2D eigenvalue weighted by atomic mass is 10.8. The molecule has 0 atom stereocenters. The number of hydrogen-bond donors (Lipinski definition) is 0. The Labute approximate surface area is 49.4 Å². The maximum Gasteiger partial charge on any atom is 0.411 e. The van der Waals surface area contributed by atoms with Gasteiger partial charge in [0.15, 0.2) is 0 Å². The van der Waals surface area contributed by atoms with Gasteiger partial charge in [0, 0.05) is 11.6 Å². The van der Waals surface area contributed by atoms with E-state index in [2.05, 4.69) is 16.3 Å². The fraction of sp³-hybridized carbons (Fsp3) is 0. The summed E-state index contributed by atoms with van der Waals surface area (Å²) in [4.78, 5) is 28.7. The van der Waals surface area contributed by atoms with Gasteiger partial charge in [-0.3, -0.25) is 4.79 Å². The molecular formula is C3HClO4. The highest BCUT2D eigenvalue weighted by molar-refractivity contribution is 6.62. The minimum Gasteiger partial charge on any atom is -0.375 e. The first-order valence-electron chi connectivity index (χ1n) is 1.53. The van der Waals surface area contributed by atoms with Gasteiger partial charge in [0.2, 0.25) is 6.29 Å². The lowest BCUT2D eigenvalue weighted by Gasteiger charge is -1.84. The number of rotatable bonds is 1. The number of aldehydes is 1. The molecule has 0 saturated carbocycles. The topological polar surface area (TPSA) is 60.4 Å². The fourth-order valence-corrected chi connectivity index (χ4v) is 0.179. The number of ether oxygens (including phenoxy) is 1. The van der Waals surface area contributed by atoms with E-state index in [1.54, 1.807) is 0 Å². The summed E-state index contributed by atoms with van der Waals surface area (Å²) in [6, 6.07) is 0. The predicted molar refractivity (Wildman–Crippen MR) is 23.4 cm³/mol. The van der Waals surface area contributed by atoms with Crippen molar-refractivity contribution in [2.75, 3.05) is 0 Å². The molecule has 0 unspecified atom stereocenters. The zero-order valence-corrected chi connectivity index (χ0v) is 4.34.